The molecule has 1 atom stereocenters. The van der Waals surface area contributed by atoms with E-state index in [1.165, 1.54) is 4.90 Å². The molecule has 2 saturated heterocycles. The van der Waals surface area contributed by atoms with Crippen LogP contribution in [0.25, 0.3) is 0 Å². The van der Waals surface area contributed by atoms with Crippen molar-refractivity contribution in [2.24, 2.45) is 5.92 Å². The van der Waals surface area contributed by atoms with E-state index in [0.29, 0.717) is 38.5 Å². The predicted molar refractivity (Wildman–Crippen MR) is 64.7 cm³/mol. The number of nitrogens with zero attached hydrogens (tertiary/aromatic N) is 2. The molecular formula is C12H20F3N3O. The molecule has 4 nitrogen and oxygen atoms in total. The van der Waals surface area contributed by atoms with Crippen molar-refractivity contribution in [2.75, 3.05) is 45.8 Å². The van der Waals surface area contributed by atoms with E-state index >= 15 is 0 Å². The van der Waals surface area contributed by atoms with Crippen LogP contribution >= 0.6 is 0 Å². The lowest BCUT2D eigenvalue weighted by molar-refractivity contribution is -0.151. The number of carbonyl (C=O) groups excluding carboxylic acids is 1. The Balaban J connectivity index is 1.71. The van der Waals surface area contributed by atoms with E-state index in [0.717, 1.165) is 19.5 Å². The maximum Gasteiger partial charge on any atom is 0.401 e. The Morgan fingerprint density at radius 3 is 2.42 bits per heavy atom. The third kappa shape index (κ3) is 4.65. The molecule has 0 aliphatic carbocycles. The van der Waals surface area contributed by atoms with Gasteiger partial charge in [0.2, 0.25) is 5.91 Å². The summed E-state index contributed by atoms with van der Waals surface area (Å²) in [5.41, 5.74) is 0. The lowest BCUT2D eigenvalue weighted by Gasteiger charge is -2.35. The average molecular weight is 279 g/mol. The summed E-state index contributed by atoms with van der Waals surface area (Å²) in [6.07, 6.45) is -2.62. The van der Waals surface area contributed by atoms with Crippen molar-refractivity contribution in [1.82, 2.24) is 15.1 Å². The number of amides is 1. The van der Waals surface area contributed by atoms with Gasteiger partial charge in [-0.25, -0.2) is 0 Å². The molecule has 7 heteroatoms. The normalized spacial score (nSPS) is 25.8. The molecule has 0 aromatic carbocycles. The first-order valence-corrected chi connectivity index (χ1v) is 6.71. The number of halogens is 3. The largest absolute Gasteiger partial charge is 0.401 e. The molecule has 2 fully saturated rings. The first-order valence-electron chi connectivity index (χ1n) is 6.71. The SMILES string of the molecule is O=C(CC1CCNC1)N1CCN(CC(F)(F)F)CC1. The van der Waals surface area contributed by atoms with Crippen LogP contribution in [0.2, 0.25) is 0 Å². The number of hydrogen-bond acceptors (Lipinski definition) is 3. The number of nitrogens with one attached hydrogen (secondary N) is 1. The molecule has 1 amide bonds. The van der Waals surface area contributed by atoms with Gasteiger partial charge in [-0.15, -0.1) is 0 Å². The molecule has 2 heterocycles. The molecule has 0 saturated carbocycles. The highest BCUT2D eigenvalue weighted by atomic mass is 19.4. The van der Waals surface area contributed by atoms with Gasteiger partial charge in [0.25, 0.3) is 0 Å². The second-order valence-electron chi connectivity index (χ2n) is 5.34. The van der Waals surface area contributed by atoms with Crippen molar-refractivity contribution in [3.05, 3.63) is 0 Å². The number of hydrogen-bond donors (Lipinski definition) is 1. The standard InChI is InChI=1S/C12H20F3N3O/c13-12(14,15)9-17-3-5-18(6-4-17)11(19)7-10-1-2-16-8-10/h10,16H,1-9H2. The second kappa shape index (κ2) is 6.09. The molecule has 1 N–H and O–H groups in total. The first kappa shape index (κ1) is 14.6. The van der Waals surface area contributed by atoms with Crippen molar-refractivity contribution < 1.29 is 18.0 Å². The summed E-state index contributed by atoms with van der Waals surface area (Å²) < 4.78 is 36.7. The first-order chi connectivity index (χ1) is 8.94. The zero-order chi connectivity index (χ0) is 13.9. The molecule has 0 spiro atoms. The smallest absolute Gasteiger partial charge is 0.340 e. The lowest BCUT2D eigenvalue weighted by atomic mass is 10.0. The molecule has 110 valence electrons. The Hall–Kier alpha value is -0.820. The zero-order valence-electron chi connectivity index (χ0n) is 10.9. The predicted octanol–water partition coefficient (Wildman–Crippen LogP) is 0.692. The maximum atomic E-state index is 12.2. The molecule has 0 aromatic rings. The summed E-state index contributed by atoms with van der Waals surface area (Å²) in [6.45, 7) is 2.41. The van der Waals surface area contributed by atoms with Crippen LogP contribution < -0.4 is 5.32 Å². The van der Waals surface area contributed by atoms with E-state index in [1.807, 2.05) is 0 Å². The molecule has 2 rings (SSSR count). The van der Waals surface area contributed by atoms with Crippen LogP contribution in [-0.2, 0) is 4.79 Å². The number of carbonyl (C=O) groups is 1. The Morgan fingerprint density at radius 2 is 1.89 bits per heavy atom. The fraction of sp³-hybridized carbons (Fsp3) is 0.917. The van der Waals surface area contributed by atoms with Gasteiger partial charge in [-0.05, 0) is 25.4 Å². The monoisotopic (exact) mass is 279 g/mol. The summed E-state index contributed by atoms with van der Waals surface area (Å²) in [6, 6.07) is 0. The van der Waals surface area contributed by atoms with Crippen LogP contribution in [0.1, 0.15) is 12.8 Å². The Bertz CT molecular complexity index is 308. The van der Waals surface area contributed by atoms with Crippen LogP contribution in [0, 0.1) is 5.92 Å². The minimum atomic E-state index is -4.15. The van der Waals surface area contributed by atoms with E-state index in [1.54, 1.807) is 4.90 Å². The number of piperazine rings is 1. The third-order valence-corrected chi connectivity index (χ3v) is 3.75. The highest BCUT2D eigenvalue weighted by molar-refractivity contribution is 5.76. The minimum Gasteiger partial charge on any atom is -0.340 e. The van der Waals surface area contributed by atoms with Crippen molar-refractivity contribution in [3.63, 3.8) is 0 Å². The van der Waals surface area contributed by atoms with E-state index in [2.05, 4.69) is 5.32 Å². The highest BCUT2D eigenvalue weighted by Crippen LogP contribution is 2.19. The van der Waals surface area contributed by atoms with E-state index < -0.39 is 12.7 Å². The molecule has 2 aliphatic heterocycles. The fourth-order valence-electron chi connectivity index (χ4n) is 2.67. The Morgan fingerprint density at radius 1 is 1.21 bits per heavy atom. The quantitative estimate of drug-likeness (QED) is 0.826. The van der Waals surface area contributed by atoms with E-state index in [-0.39, 0.29) is 5.91 Å². The molecule has 0 bridgehead atoms. The van der Waals surface area contributed by atoms with Crippen molar-refractivity contribution in [1.29, 1.82) is 0 Å². The number of rotatable bonds is 3. The highest BCUT2D eigenvalue weighted by Gasteiger charge is 2.33. The molecule has 2 aliphatic rings. The van der Waals surface area contributed by atoms with E-state index in [4.69, 9.17) is 0 Å². The third-order valence-electron chi connectivity index (χ3n) is 3.75. The molecule has 1 unspecified atom stereocenters. The van der Waals surface area contributed by atoms with Gasteiger partial charge in [-0.1, -0.05) is 0 Å². The van der Waals surface area contributed by atoms with Crippen LogP contribution in [0.15, 0.2) is 0 Å². The van der Waals surface area contributed by atoms with Gasteiger partial charge in [-0.2, -0.15) is 13.2 Å². The zero-order valence-corrected chi connectivity index (χ0v) is 10.9. The summed E-state index contributed by atoms with van der Waals surface area (Å²) in [5, 5.41) is 3.21. The minimum absolute atomic E-state index is 0.0837. The number of alkyl halides is 3. The summed E-state index contributed by atoms with van der Waals surface area (Å²) in [7, 11) is 0. The molecule has 0 radical (unpaired) electrons. The Labute approximate surface area is 110 Å². The van der Waals surface area contributed by atoms with Crippen LogP contribution in [0.3, 0.4) is 0 Å². The van der Waals surface area contributed by atoms with Crippen LogP contribution in [-0.4, -0.2) is 67.7 Å². The topological polar surface area (TPSA) is 35.6 Å². The van der Waals surface area contributed by atoms with Gasteiger partial charge in [0.15, 0.2) is 0 Å². The lowest BCUT2D eigenvalue weighted by Crippen LogP contribution is -2.51. The maximum absolute atomic E-state index is 12.2. The van der Waals surface area contributed by atoms with Gasteiger partial charge >= 0.3 is 6.18 Å². The summed E-state index contributed by atoms with van der Waals surface area (Å²) in [5.74, 6) is 0.473. The van der Waals surface area contributed by atoms with E-state index in [9.17, 15) is 18.0 Å². The summed E-state index contributed by atoms with van der Waals surface area (Å²) >= 11 is 0. The second-order valence-corrected chi connectivity index (χ2v) is 5.34. The van der Waals surface area contributed by atoms with Crippen molar-refractivity contribution in [2.45, 2.75) is 19.0 Å². The molecule has 0 aromatic heterocycles. The van der Waals surface area contributed by atoms with Crippen LogP contribution in [0.4, 0.5) is 13.2 Å². The van der Waals surface area contributed by atoms with Crippen molar-refractivity contribution in [3.8, 4) is 0 Å². The molecule has 19 heavy (non-hydrogen) atoms. The van der Waals surface area contributed by atoms with Crippen molar-refractivity contribution >= 4 is 5.91 Å². The Kier molecular flexibility index (Phi) is 4.67. The average Bonchev–Trinajstić information content (AvgIpc) is 2.80. The van der Waals surface area contributed by atoms with Gasteiger partial charge in [0, 0.05) is 32.6 Å². The van der Waals surface area contributed by atoms with Gasteiger partial charge in [0.1, 0.15) is 0 Å². The van der Waals surface area contributed by atoms with Gasteiger partial charge < -0.3 is 10.2 Å². The fourth-order valence-corrected chi connectivity index (χ4v) is 2.67. The molecular weight excluding hydrogens is 259 g/mol. The van der Waals surface area contributed by atoms with Crippen LogP contribution in [0.5, 0.6) is 0 Å². The van der Waals surface area contributed by atoms with Gasteiger partial charge in [0.05, 0.1) is 6.54 Å². The van der Waals surface area contributed by atoms with Gasteiger partial charge in [-0.3, -0.25) is 9.69 Å². The summed E-state index contributed by atoms with van der Waals surface area (Å²) in [4.78, 5) is 15.1.